The SMILES string of the molecule is CC(CC1C2CC3CC(C2)CC1C3)OC(=O)c1ccccc1N. The van der Waals surface area contributed by atoms with Crippen LogP contribution < -0.4 is 5.73 Å². The number of carbonyl (C=O) groups is 1. The molecule has 0 aromatic heterocycles. The standard InChI is InChI=1S/C20H27NO2/c1-12(23-20(22)17-4-2-3-5-19(17)21)6-18-15-8-13-7-14(10-15)11-16(18)9-13/h2-5,12-16,18H,6-11,21H2,1H3. The van der Waals surface area contributed by atoms with Crippen LogP contribution >= 0.6 is 0 Å². The third-order valence-electron chi connectivity index (χ3n) is 6.52. The Morgan fingerprint density at radius 1 is 1.13 bits per heavy atom. The van der Waals surface area contributed by atoms with Gasteiger partial charge in [0.25, 0.3) is 0 Å². The second-order valence-corrected chi connectivity index (χ2v) is 8.13. The van der Waals surface area contributed by atoms with E-state index < -0.39 is 0 Å². The van der Waals surface area contributed by atoms with Gasteiger partial charge in [0.15, 0.2) is 0 Å². The van der Waals surface area contributed by atoms with E-state index >= 15 is 0 Å². The van der Waals surface area contributed by atoms with E-state index in [0.717, 1.165) is 36.0 Å². The molecule has 1 atom stereocenters. The van der Waals surface area contributed by atoms with E-state index in [9.17, 15) is 4.79 Å². The Labute approximate surface area is 138 Å². The maximum Gasteiger partial charge on any atom is 0.340 e. The molecule has 0 saturated heterocycles. The van der Waals surface area contributed by atoms with Crippen LogP contribution in [0.2, 0.25) is 0 Å². The van der Waals surface area contributed by atoms with Crippen LogP contribution in [0, 0.1) is 29.6 Å². The molecule has 3 heteroatoms. The highest BCUT2D eigenvalue weighted by molar-refractivity contribution is 5.95. The summed E-state index contributed by atoms with van der Waals surface area (Å²) in [6, 6.07) is 7.16. The molecule has 4 fully saturated rings. The van der Waals surface area contributed by atoms with Crippen LogP contribution in [0.3, 0.4) is 0 Å². The molecule has 2 N–H and O–H groups in total. The van der Waals surface area contributed by atoms with Crippen molar-refractivity contribution in [2.24, 2.45) is 29.6 Å². The predicted octanol–water partition coefficient (Wildman–Crippen LogP) is 4.28. The van der Waals surface area contributed by atoms with Crippen LogP contribution in [0.5, 0.6) is 0 Å². The fourth-order valence-electron chi connectivity index (χ4n) is 5.78. The molecular formula is C20H27NO2. The summed E-state index contributed by atoms with van der Waals surface area (Å²) in [6.45, 7) is 2.04. The van der Waals surface area contributed by atoms with E-state index in [1.165, 1.54) is 32.1 Å². The van der Waals surface area contributed by atoms with Gasteiger partial charge < -0.3 is 10.5 Å². The van der Waals surface area contributed by atoms with E-state index in [1.807, 2.05) is 19.1 Å². The zero-order valence-corrected chi connectivity index (χ0v) is 13.9. The first-order valence-corrected chi connectivity index (χ1v) is 9.15. The average molecular weight is 313 g/mol. The summed E-state index contributed by atoms with van der Waals surface area (Å²) in [5.74, 6) is 4.24. The highest BCUT2D eigenvalue weighted by atomic mass is 16.5. The van der Waals surface area contributed by atoms with E-state index in [1.54, 1.807) is 12.1 Å². The zero-order chi connectivity index (χ0) is 16.0. The Balaban J connectivity index is 1.38. The largest absolute Gasteiger partial charge is 0.459 e. The first-order chi connectivity index (χ1) is 11.1. The number of nitrogen functional groups attached to an aromatic ring is 1. The second kappa shape index (κ2) is 5.85. The molecule has 1 aromatic rings. The fourth-order valence-corrected chi connectivity index (χ4v) is 5.78. The molecule has 124 valence electrons. The van der Waals surface area contributed by atoms with Gasteiger partial charge in [0, 0.05) is 5.69 Å². The summed E-state index contributed by atoms with van der Waals surface area (Å²) in [5, 5.41) is 0. The molecule has 5 rings (SSSR count). The highest BCUT2D eigenvalue weighted by Gasteiger charge is 2.48. The van der Waals surface area contributed by atoms with E-state index in [0.29, 0.717) is 11.3 Å². The van der Waals surface area contributed by atoms with Gasteiger partial charge in [-0.2, -0.15) is 0 Å². The van der Waals surface area contributed by atoms with Gasteiger partial charge >= 0.3 is 5.97 Å². The Bertz CT molecular complexity index is 569. The van der Waals surface area contributed by atoms with Gasteiger partial charge in [-0.25, -0.2) is 4.79 Å². The fraction of sp³-hybridized carbons (Fsp3) is 0.650. The number of hydrogen-bond acceptors (Lipinski definition) is 3. The molecule has 4 aliphatic rings. The molecule has 0 aliphatic heterocycles. The quantitative estimate of drug-likeness (QED) is 0.667. The van der Waals surface area contributed by atoms with Crippen molar-refractivity contribution in [1.29, 1.82) is 0 Å². The molecule has 3 nitrogen and oxygen atoms in total. The molecule has 1 aromatic carbocycles. The number of hydrogen-bond donors (Lipinski definition) is 1. The van der Waals surface area contributed by atoms with Crippen molar-refractivity contribution >= 4 is 11.7 Å². The van der Waals surface area contributed by atoms with Gasteiger partial charge in [0.05, 0.1) is 11.7 Å². The van der Waals surface area contributed by atoms with Crippen LogP contribution in [-0.4, -0.2) is 12.1 Å². The average Bonchev–Trinajstić information content (AvgIpc) is 2.50. The summed E-state index contributed by atoms with van der Waals surface area (Å²) in [4.78, 5) is 12.3. The third kappa shape index (κ3) is 2.86. The number of rotatable bonds is 4. The number of benzene rings is 1. The first-order valence-electron chi connectivity index (χ1n) is 9.15. The monoisotopic (exact) mass is 313 g/mol. The number of nitrogens with two attached hydrogens (primary N) is 1. The van der Waals surface area contributed by atoms with Gasteiger partial charge in [-0.15, -0.1) is 0 Å². The van der Waals surface area contributed by atoms with Crippen molar-refractivity contribution in [3.63, 3.8) is 0 Å². The second-order valence-electron chi connectivity index (χ2n) is 8.13. The molecule has 4 aliphatic carbocycles. The Morgan fingerprint density at radius 2 is 1.74 bits per heavy atom. The summed E-state index contributed by atoms with van der Waals surface area (Å²) < 4.78 is 5.70. The zero-order valence-electron chi connectivity index (χ0n) is 13.9. The Morgan fingerprint density at radius 3 is 2.35 bits per heavy atom. The lowest BCUT2D eigenvalue weighted by atomic mass is 9.51. The van der Waals surface area contributed by atoms with E-state index in [2.05, 4.69) is 0 Å². The van der Waals surface area contributed by atoms with Crippen LogP contribution in [0.15, 0.2) is 24.3 Å². The lowest BCUT2D eigenvalue weighted by molar-refractivity contribution is -0.0561. The van der Waals surface area contributed by atoms with Crippen LogP contribution in [0.4, 0.5) is 5.69 Å². The van der Waals surface area contributed by atoms with Crippen molar-refractivity contribution in [2.75, 3.05) is 5.73 Å². The topological polar surface area (TPSA) is 52.3 Å². The molecule has 4 saturated carbocycles. The van der Waals surface area contributed by atoms with E-state index in [4.69, 9.17) is 10.5 Å². The van der Waals surface area contributed by atoms with Gasteiger partial charge in [-0.05, 0) is 87.2 Å². The van der Waals surface area contributed by atoms with Crippen molar-refractivity contribution in [3.8, 4) is 0 Å². The molecule has 1 unspecified atom stereocenters. The van der Waals surface area contributed by atoms with Gasteiger partial charge in [-0.3, -0.25) is 0 Å². The third-order valence-corrected chi connectivity index (χ3v) is 6.52. The number of esters is 1. The van der Waals surface area contributed by atoms with Crippen LogP contribution in [-0.2, 0) is 4.74 Å². The van der Waals surface area contributed by atoms with Crippen molar-refractivity contribution in [3.05, 3.63) is 29.8 Å². The molecule has 0 radical (unpaired) electrons. The number of carbonyl (C=O) groups excluding carboxylic acids is 1. The lowest BCUT2D eigenvalue weighted by Crippen LogP contribution is -2.46. The number of para-hydroxylation sites is 1. The Kier molecular flexibility index (Phi) is 3.82. The summed E-state index contributed by atoms with van der Waals surface area (Å²) in [7, 11) is 0. The lowest BCUT2D eigenvalue weighted by Gasteiger charge is -2.55. The molecule has 23 heavy (non-hydrogen) atoms. The summed E-state index contributed by atoms with van der Waals surface area (Å²) >= 11 is 0. The van der Waals surface area contributed by atoms with Gasteiger partial charge in [0.2, 0.25) is 0 Å². The van der Waals surface area contributed by atoms with E-state index in [-0.39, 0.29) is 12.1 Å². The summed E-state index contributed by atoms with van der Waals surface area (Å²) in [5.41, 5.74) is 6.87. The molecule has 0 heterocycles. The van der Waals surface area contributed by atoms with Crippen LogP contribution in [0.25, 0.3) is 0 Å². The molecular weight excluding hydrogens is 286 g/mol. The number of anilines is 1. The number of ether oxygens (including phenoxy) is 1. The normalized spacial score (nSPS) is 36.0. The van der Waals surface area contributed by atoms with Gasteiger partial charge in [0.1, 0.15) is 0 Å². The smallest absolute Gasteiger partial charge is 0.340 e. The van der Waals surface area contributed by atoms with Gasteiger partial charge in [-0.1, -0.05) is 12.1 Å². The van der Waals surface area contributed by atoms with Crippen molar-refractivity contribution in [1.82, 2.24) is 0 Å². The Hall–Kier alpha value is -1.51. The van der Waals surface area contributed by atoms with Crippen molar-refractivity contribution < 1.29 is 9.53 Å². The molecule has 4 bridgehead atoms. The van der Waals surface area contributed by atoms with Crippen molar-refractivity contribution in [2.45, 2.75) is 51.6 Å². The van der Waals surface area contributed by atoms with Crippen LogP contribution in [0.1, 0.15) is 55.8 Å². The molecule has 0 amide bonds. The maximum absolute atomic E-state index is 12.3. The minimum Gasteiger partial charge on any atom is -0.459 e. The predicted molar refractivity (Wildman–Crippen MR) is 90.9 cm³/mol. The first kappa shape index (κ1) is 15.0. The summed E-state index contributed by atoms with van der Waals surface area (Å²) in [6.07, 6.45) is 8.16. The highest BCUT2D eigenvalue weighted by Crippen LogP contribution is 2.57. The maximum atomic E-state index is 12.3. The minimum atomic E-state index is -0.278. The molecule has 0 spiro atoms. The minimum absolute atomic E-state index is 0.0235.